The summed E-state index contributed by atoms with van der Waals surface area (Å²) in [5, 5.41) is 10.6. The summed E-state index contributed by atoms with van der Waals surface area (Å²) in [6.45, 7) is 6.65. The summed E-state index contributed by atoms with van der Waals surface area (Å²) >= 11 is 0. The number of hydrogen-bond acceptors (Lipinski definition) is 4. The Balaban J connectivity index is 1.76. The molecule has 5 N–H and O–H groups in total. The minimum atomic E-state index is -0.882. The molecule has 1 heterocycles. The molecule has 0 aliphatic carbocycles. The zero-order valence-electron chi connectivity index (χ0n) is 18.6. The molecule has 3 rings (SSSR count). The number of primary amides is 1. The van der Waals surface area contributed by atoms with Crippen molar-refractivity contribution in [3.8, 4) is 0 Å². The third-order valence-electron chi connectivity index (χ3n) is 6.10. The molecule has 8 nitrogen and oxygen atoms in total. The van der Waals surface area contributed by atoms with Crippen molar-refractivity contribution in [2.45, 2.75) is 45.6 Å². The maximum absolute atomic E-state index is 12.8. The first-order valence-electron chi connectivity index (χ1n) is 10.6. The quantitative estimate of drug-likeness (QED) is 0.382. The van der Waals surface area contributed by atoms with Crippen LogP contribution in [0.2, 0.25) is 0 Å². The number of carbonyl (C=O) groups excluding carboxylic acids is 2. The van der Waals surface area contributed by atoms with Crippen LogP contribution in [0.5, 0.6) is 0 Å². The minimum Gasteiger partial charge on any atom is -0.465 e. The summed E-state index contributed by atoms with van der Waals surface area (Å²) < 4.78 is 0. The van der Waals surface area contributed by atoms with Crippen LogP contribution in [0, 0.1) is 5.41 Å². The van der Waals surface area contributed by atoms with E-state index in [-0.39, 0.29) is 22.9 Å². The van der Waals surface area contributed by atoms with Crippen LogP contribution in [0.25, 0.3) is 0 Å². The average molecular weight is 439 g/mol. The van der Waals surface area contributed by atoms with Crippen LogP contribution < -0.4 is 16.6 Å². The summed E-state index contributed by atoms with van der Waals surface area (Å²) in [4.78, 5) is 37.4. The van der Waals surface area contributed by atoms with Gasteiger partial charge in [-0.25, -0.2) is 15.6 Å². The maximum Gasteiger partial charge on any atom is 0.407 e. The van der Waals surface area contributed by atoms with Gasteiger partial charge in [0, 0.05) is 23.7 Å². The number of amides is 3. The molecule has 170 valence electrons. The highest BCUT2D eigenvalue weighted by Crippen LogP contribution is 2.39. The molecule has 1 aliphatic rings. The lowest BCUT2D eigenvalue weighted by atomic mass is 9.75. The van der Waals surface area contributed by atoms with E-state index in [1.807, 2.05) is 12.1 Å². The van der Waals surface area contributed by atoms with Gasteiger partial charge in [0.25, 0.3) is 5.91 Å². The van der Waals surface area contributed by atoms with Crippen LogP contribution in [-0.2, 0) is 0 Å². The van der Waals surface area contributed by atoms with Crippen molar-refractivity contribution in [3.63, 3.8) is 0 Å². The standard InChI is InChI=1S/C24H30N4O4/c1-24(2,3)20-14-17(11-12-27(20)23(31)32)15-7-9-16(10-8-15)22(30)28(26)19-6-4-5-18(13-19)21(25)29/h4-10,13,17,20H,11-12,14,26H2,1-3H3,(H2,25,29)(H,31,32). The minimum absolute atomic E-state index is 0.0860. The van der Waals surface area contributed by atoms with Crippen molar-refractivity contribution in [1.82, 2.24) is 4.90 Å². The molecule has 1 saturated heterocycles. The Labute approximate surface area is 187 Å². The van der Waals surface area contributed by atoms with E-state index >= 15 is 0 Å². The second kappa shape index (κ2) is 9.00. The van der Waals surface area contributed by atoms with Gasteiger partial charge in [-0.1, -0.05) is 39.0 Å². The van der Waals surface area contributed by atoms with Crippen molar-refractivity contribution in [2.75, 3.05) is 11.6 Å². The largest absolute Gasteiger partial charge is 0.465 e. The molecule has 2 aromatic carbocycles. The molecular formula is C24H30N4O4. The summed E-state index contributed by atoms with van der Waals surface area (Å²) in [6.07, 6.45) is 0.578. The van der Waals surface area contributed by atoms with Gasteiger partial charge in [0.15, 0.2) is 0 Å². The van der Waals surface area contributed by atoms with Crippen LogP contribution >= 0.6 is 0 Å². The van der Waals surface area contributed by atoms with Gasteiger partial charge in [0.05, 0.1) is 5.69 Å². The van der Waals surface area contributed by atoms with E-state index in [9.17, 15) is 19.5 Å². The fourth-order valence-corrected chi connectivity index (χ4v) is 4.28. The fraction of sp³-hybridized carbons (Fsp3) is 0.375. The predicted octanol–water partition coefficient (Wildman–Crippen LogP) is 3.58. The number of hydrazine groups is 1. The number of rotatable bonds is 4. The number of likely N-dealkylation sites (tertiary alicyclic amines) is 1. The lowest BCUT2D eigenvalue weighted by Gasteiger charge is -2.44. The van der Waals surface area contributed by atoms with E-state index in [0.717, 1.165) is 23.4 Å². The predicted molar refractivity (Wildman–Crippen MR) is 122 cm³/mol. The van der Waals surface area contributed by atoms with E-state index in [1.54, 1.807) is 35.2 Å². The highest BCUT2D eigenvalue weighted by atomic mass is 16.4. The maximum atomic E-state index is 12.8. The van der Waals surface area contributed by atoms with E-state index < -0.39 is 17.9 Å². The van der Waals surface area contributed by atoms with Gasteiger partial charge in [-0.2, -0.15) is 0 Å². The molecule has 0 spiro atoms. The number of nitrogens with zero attached hydrogens (tertiary/aromatic N) is 2. The van der Waals surface area contributed by atoms with Gasteiger partial charge in [-0.15, -0.1) is 0 Å². The second-order valence-electron chi connectivity index (χ2n) is 9.29. The molecule has 0 radical (unpaired) electrons. The number of carboxylic acid groups (broad SMARTS) is 1. The van der Waals surface area contributed by atoms with Crippen molar-refractivity contribution >= 4 is 23.6 Å². The molecule has 1 fully saturated rings. The van der Waals surface area contributed by atoms with Crippen molar-refractivity contribution in [2.24, 2.45) is 17.0 Å². The van der Waals surface area contributed by atoms with Gasteiger partial charge in [0.2, 0.25) is 5.91 Å². The summed E-state index contributed by atoms with van der Waals surface area (Å²) in [6, 6.07) is 13.4. The van der Waals surface area contributed by atoms with E-state index in [0.29, 0.717) is 17.8 Å². The molecule has 3 amide bonds. The number of hydrogen-bond donors (Lipinski definition) is 3. The first kappa shape index (κ1) is 23.3. The Kier molecular flexibility index (Phi) is 6.55. The third-order valence-corrected chi connectivity index (χ3v) is 6.10. The fourth-order valence-electron chi connectivity index (χ4n) is 4.28. The molecular weight excluding hydrogens is 408 g/mol. The molecule has 0 bridgehead atoms. The van der Waals surface area contributed by atoms with Crippen molar-refractivity contribution < 1.29 is 19.5 Å². The van der Waals surface area contributed by atoms with Gasteiger partial charge in [-0.3, -0.25) is 9.59 Å². The molecule has 2 aromatic rings. The highest BCUT2D eigenvalue weighted by Gasteiger charge is 2.39. The Morgan fingerprint density at radius 2 is 1.72 bits per heavy atom. The summed E-state index contributed by atoms with van der Waals surface area (Å²) in [5.41, 5.74) is 7.24. The van der Waals surface area contributed by atoms with E-state index in [4.69, 9.17) is 11.6 Å². The van der Waals surface area contributed by atoms with Gasteiger partial charge >= 0.3 is 6.09 Å². The van der Waals surface area contributed by atoms with Gasteiger partial charge in [-0.05, 0) is 60.1 Å². The lowest BCUT2D eigenvalue weighted by molar-refractivity contribution is 0.0525. The van der Waals surface area contributed by atoms with Crippen molar-refractivity contribution in [3.05, 3.63) is 65.2 Å². The topological polar surface area (TPSA) is 130 Å². The Morgan fingerprint density at radius 1 is 1.06 bits per heavy atom. The molecule has 1 aliphatic heterocycles. The Bertz CT molecular complexity index is 1010. The number of anilines is 1. The highest BCUT2D eigenvalue weighted by molar-refractivity contribution is 6.06. The lowest BCUT2D eigenvalue weighted by Crippen LogP contribution is -2.51. The van der Waals surface area contributed by atoms with Crippen molar-refractivity contribution in [1.29, 1.82) is 0 Å². The van der Waals surface area contributed by atoms with Crippen LogP contribution in [0.4, 0.5) is 10.5 Å². The van der Waals surface area contributed by atoms with Gasteiger partial charge < -0.3 is 15.7 Å². The second-order valence-corrected chi connectivity index (χ2v) is 9.29. The van der Waals surface area contributed by atoms with Crippen LogP contribution in [0.15, 0.2) is 48.5 Å². The zero-order valence-corrected chi connectivity index (χ0v) is 18.6. The zero-order chi connectivity index (χ0) is 23.6. The normalized spacial score (nSPS) is 18.8. The molecule has 0 aromatic heterocycles. The smallest absolute Gasteiger partial charge is 0.407 e. The summed E-state index contributed by atoms with van der Waals surface area (Å²) in [7, 11) is 0. The number of piperidine rings is 1. The Morgan fingerprint density at radius 3 is 2.28 bits per heavy atom. The molecule has 0 saturated carbocycles. The van der Waals surface area contributed by atoms with Crippen LogP contribution in [0.1, 0.15) is 65.8 Å². The average Bonchev–Trinajstić information content (AvgIpc) is 2.77. The van der Waals surface area contributed by atoms with Crippen LogP contribution in [-0.4, -0.2) is 40.5 Å². The third kappa shape index (κ3) is 4.91. The van der Waals surface area contributed by atoms with Crippen LogP contribution in [0.3, 0.4) is 0 Å². The first-order valence-corrected chi connectivity index (χ1v) is 10.6. The van der Waals surface area contributed by atoms with E-state index in [2.05, 4.69) is 20.8 Å². The molecule has 8 heteroatoms. The van der Waals surface area contributed by atoms with E-state index in [1.165, 1.54) is 6.07 Å². The Hall–Kier alpha value is -3.39. The SMILES string of the molecule is CC(C)(C)C1CC(c2ccc(C(=O)N(N)c3cccc(C(N)=O)c3)cc2)CCN1C(=O)O. The first-order chi connectivity index (χ1) is 15.0. The monoisotopic (exact) mass is 438 g/mol. The molecule has 2 atom stereocenters. The molecule has 32 heavy (non-hydrogen) atoms. The number of benzene rings is 2. The van der Waals surface area contributed by atoms with Gasteiger partial charge in [0.1, 0.15) is 0 Å². The number of carbonyl (C=O) groups is 3. The number of nitrogens with two attached hydrogens (primary N) is 2. The molecule has 2 unspecified atom stereocenters. The summed E-state index contributed by atoms with van der Waals surface area (Å²) in [5.74, 6) is 5.20.